The van der Waals surface area contributed by atoms with Crippen molar-refractivity contribution in [3.8, 4) is 11.5 Å². The van der Waals surface area contributed by atoms with Crippen LogP contribution in [0.25, 0.3) is 11.1 Å². The summed E-state index contributed by atoms with van der Waals surface area (Å²) in [7, 11) is 0. The third-order valence-electron chi connectivity index (χ3n) is 5.44. The summed E-state index contributed by atoms with van der Waals surface area (Å²) in [5.41, 5.74) is 1.95. The van der Waals surface area contributed by atoms with Gasteiger partial charge in [-0.2, -0.15) is 0 Å². The number of benzene rings is 2. The summed E-state index contributed by atoms with van der Waals surface area (Å²) in [6.45, 7) is 0.986. The number of oxazole rings is 1. The standard InChI is InChI=1S/C22H20N2O6/c25-20(12-27-22(26)15-5-6-18-19(11-15)29-13-28-18)24-9-7-14(8-10-24)21-23-16-3-1-2-4-17(16)30-21/h1-6,11,14H,7-10,12-13H2. The lowest BCUT2D eigenvalue weighted by atomic mass is 9.97. The van der Waals surface area contributed by atoms with Gasteiger partial charge in [-0.1, -0.05) is 12.1 Å². The van der Waals surface area contributed by atoms with Crippen molar-refractivity contribution in [2.75, 3.05) is 26.5 Å². The number of hydrogen-bond donors (Lipinski definition) is 0. The van der Waals surface area contributed by atoms with Crippen molar-refractivity contribution < 1.29 is 28.2 Å². The number of rotatable bonds is 4. The number of ether oxygens (including phenoxy) is 3. The van der Waals surface area contributed by atoms with E-state index in [1.54, 1.807) is 23.1 Å². The van der Waals surface area contributed by atoms with Crippen LogP contribution in [0.15, 0.2) is 46.9 Å². The molecular formula is C22H20N2O6. The molecule has 30 heavy (non-hydrogen) atoms. The first-order valence-corrected chi connectivity index (χ1v) is 9.87. The lowest BCUT2D eigenvalue weighted by Crippen LogP contribution is -2.40. The van der Waals surface area contributed by atoms with Crippen molar-refractivity contribution in [1.29, 1.82) is 0 Å². The van der Waals surface area contributed by atoms with Gasteiger partial charge in [0.05, 0.1) is 5.56 Å². The zero-order valence-corrected chi connectivity index (χ0v) is 16.2. The quantitative estimate of drug-likeness (QED) is 0.613. The molecule has 0 atom stereocenters. The Hall–Kier alpha value is -3.55. The summed E-state index contributed by atoms with van der Waals surface area (Å²) < 4.78 is 21.5. The predicted molar refractivity (Wildman–Crippen MR) is 105 cm³/mol. The molecule has 8 heteroatoms. The fourth-order valence-corrected chi connectivity index (χ4v) is 3.77. The maximum absolute atomic E-state index is 12.5. The average Bonchev–Trinajstić information content (AvgIpc) is 3.43. The summed E-state index contributed by atoms with van der Waals surface area (Å²) >= 11 is 0. The topological polar surface area (TPSA) is 91.1 Å². The van der Waals surface area contributed by atoms with Gasteiger partial charge in [0.25, 0.3) is 5.91 Å². The van der Waals surface area contributed by atoms with Crippen molar-refractivity contribution in [3.05, 3.63) is 53.9 Å². The molecule has 0 radical (unpaired) electrons. The van der Waals surface area contributed by atoms with Crippen LogP contribution < -0.4 is 9.47 Å². The van der Waals surface area contributed by atoms with Gasteiger partial charge in [-0.25, -0.2) is 9.78 Å². The lowest BCUT2D eigenvalue weighted by Gasteiger charge is -2.30. The summed E-state index contributed by atoms with van der Waals surface area (Å²) in [4.78, 5) is 31.0. The fourth-order valence-electron chi connectivity index (χ4n) is 3.77. The molecule has 0 unspecified atom stereocenters. The predicted octanol–water partition coefficient (Wildman–Crippen LogP) is 3.12. The first-order chi connectivity index (χ1) is 14.7. The van der Waals surface area contributed by atoms with E-state index in [1.807, 2.05) is 24.3 Å². The number of aromatic nitrogens is 1. The third kappa shape index (κ3) is 3.56. The molecule has 1 fully saturated rings. The molecule has 1 saturated heterocycles. The van der Waals surface area contributed by atoms with Crippen LogP contribution >= 0.6 is 0 Å². The van der Waals surface area contributed by atoms with E-state index in [4.69, 9.17) is 18.6 Å². The lowest BCUT2D eigenvalue weighted by molar-refractivity contribution is -0.135. The largest absolute Gasteiger partial charge is 0.454 e. The van der Waals surface area contributed by atoms with E-state index in [0.29, 0.717) is 30.2 Å². The van der Waals surface area contributed by atoms with Gasteiger partial charge in [0, 0.05) is 19.0 Å². The number of likely N-dealkylation sites (tertiary alicyclic amines) is 1. The summed E-state index contributed by atoms with van der Waals surface area (Å²) in [5.74, 6) is 1.21. The molecular weight excluding hydrogens is 388 g/mol. The molecule has 0 bridgehead atoms. The maximum Gasteiger partial charge on any atom is 0.338 e. The van der Waals surface area contributed by atoms with Gasteiger partial charge in [-0.3, -0.25) is 4.79 Å². The number of esters is 1. The number of para-hydroxylation sites is 2. The highest BCUT2D eigenvalue weighted by atomic mass is 16.7. The van der Waals surface area contributed by atoms with Crippen LogP contribution in [-0.4, -0.2) is 48.2 Å². The van der Waals surface area contributed by atoms with Crippen LogP contribution in [0.2, 0.25) is 0 Å². The van der Waals surface area contributed by atoms with E-state index in [2.05, 4.69) is 4.98 Å². The molecule has 8 nitrogen and oxygen atoms in total. The number of carbonyl (C=O) groups excluding carboxylic acids is 2. The van der Waals surface area contributed by atoms with Crippen molar-refractivity contribution in [2.24, 2.45) is 0 Å². The minimum absolute atomic E-state index is 0.131. The minimum atomic E-state index is -0.567. The highest BCUT2D eigenvalue weighted by molar-refractivity contribution is 5.92. The molecule has 1 amide bonds. The Morgan fingerprint density at radius 2 is 1.87 bits per heavy atom. The maximum atomic E-state index is 12.5. The molecule has 3 heterocycles. The van der Waals surface area contributed by atoms with Gasteiger partial charge in [0.1, 0.15) is 5.52 Å². The Labute approximate surface area is 172 Å². The van der Waals surface area contributed by atoms with Crippen molar-refractivity contribution in [3.63, 3.8) is 0 Å². The minimum Gasteiger partial charge on any atom is -0.454 e. The van der Waals surface area contributed by atoms with Gasteiger partial charge in [0.2, 0.25) is 6.79 Å². The second kappa shape index (κ2) is 7.70. The molecule has 0 saturated carbocycles. The summed E-state index contributed by atoms with van der Waals surface area (Å²) in [6.07, 6.45) is 1.52. The molecule has 0 spiro atoms. The Kier molecular flexibility index (Phi) is 4.74. The van der Waals surface area contributed by atoms with Crippen LogP contribution in [0, 0.1) is 0 Å². The Morgan fingerprint density at radius 1 is 1.07 bits per heavy atom. The van der Waals surface area contributed by atoms with Crippen LogP contribution in [-0.2, 0) is 9.53 Å². The summed E-state index contributed by atoms with van der Waals surface area (Å²) in [6, 6.07) is 12.5. The van der Waals surface area contributed by atoms with Gasteiger partial charge in [-0.15, -0.1) is 0 Å². The van der Waals surface area contributed by atoms with Gasteiger partial charge >= 0.3 is 5.97 Å². The summed E-state index contributed by atoms with van der Waals surface area (Å²) in [5, 5.41) is 0. The first-order valence-electron chi connectivity index (χ1n) is 9.87. The van der Waals surface area contributed by atoms with E-state index >= 15 is 0 Å². The Bertz CT molecular complexity index is 1070. The first kappa shape index (κ1) is 18.5. The number of piperidine rings is 1. The van der Waals surface area contributed by atoms with E-state index in [0.717, 1.165) is 29.8 Å². The number of hydrogen-bond acceptors (Lipinski definition) is 7. The second-order valence-electron chi connectivity index (χ2n) is 7.32. The second-order valence-corrected chi connectivity index (χ2v) is 7.32. The monoisotopic (exact) mass is 408 g/mol. The molecule has 0 aliphatic carbocycles. The third-order valence-corrected chi connectivity index (χ3v) is 5.44. The van der Waals surface area contributed by atoms with Crippen LogP contribution in [0.4, 0.5) is 0 Å². The van der Waals surface area contributed by atoms with Gasteiger partial charge < -0.3 is 23.5 Å². The van der Waals surface area contributed by atoms with E-state index in [-0.39, 0.29) is 25.2 Å². The molecule has 2 aliphatic rings. The zero-order chi connectivity index (χ0) is 20.5. The molecule has 3 aromatic rings. The van der Waals surface area contributed by atoms with Crippen molar-refractivity contribution >= 4 is 23.0 Å². The van der Waals surface area contributed by atoms with Gasteiger partial charge in [-0.05, 0) is 43.2 Å². The van der Waals surface area contributed by atoms with E-state index < -0.39 is 5.97 Å². The highest BCUT2D eigenvalue weighted by Crippen LogP contribution is 2.33. The molecule has 5 rings (SSSR count). The highest BCUT2D eigenvalue weighted by Gasteiger charge is 2.27. The molecule has 2 aliphatic heterocycles. The molecule has 0 N–H and O–H groups in total. The molecule has 2 aromatic carbocycles. The van der Waals surface area contributed by atoms with E-state index in [1.165, 1.54) is 0 Å². The zero-order valence-electron chi connectivity index (χ0n) is 16.2. The average molecular weight is 408 g/mol. The van der Waals surface area contributed by atoms with Crippen LogP contribution in [0.5, 0.6) is 11.5 Å². The van der Waals surface area contributed by atoms with Crippen molar-refractivity contribution in [2.45, 2.75) is 18.8 Å². The van der Waals surface area contributed by atoms with Crippen molar-refractivity contribution in [1.82, 2.24) is 9.88 Å². The molecule has 1 aromatic heterocycles. The van der Waals surface area contributed by atoms with Crippen LogP contribution in [0.1, 0.15) is 35.0 Å². The Morgan fingerprint density at radius 3 is 2.70 bits per heavy atom. The Balaban J connectivity index is 1.14. The number of carbonyl (C=O) groups is 2. The van der Waals surface area contributed by atoms with E-state index in [9.17, 15) is 9.59 Å². The molecule has 154 valence electrons. The number of nitrogens with zero attached hydrogens (tertiary/aromatic N) is 2. The van der Waals surface area contributed by atoms with Gasteiger partial charge in [0.15, 0.2) is 29.6 Å². The number of fused-ring (bicyclic) bond motifs is 2. The SMILES string of the molecule is O=C(OCC(=O)N1CCC(c2nc3ccccc3o2)CC1)c1ccc2c(c1)OCO2. The smallest absolute Gasteiger partial charge is 0.338 e. The fraction of sp³-hybridized carbons (Fsp3) is 0.318. The normalized spacial score (nSPS) is 16.1. The number of amides is 1. The van der Waals surface area contributed by atoms with Crippen LogP contribution in [0.3, 0.4) is 0 Å².